The van der Waals surface area contributed by atoms with E-state index in [0.29, 0.717) is 18.0 Å². The molecular weight excluding hydrogens is 384 g/mol. The number of carbonyl (C=O) groups is 1. The molecule has 1 aliphatic carbocycles. The van der Waals surface area contributed by atoms with Crippen molar-refractivity contribution in [1.82, 2.24) is 15.0 Å². The van der Waals surface area contributed by atoms with Crippen LogP contribution in [0.2, 0.25) is 0 Å². The maximum absolute atomic E-state index is 11.6. The van der Waals surface area contributed by atoms with Gasteiger partial charge in [0.1, 0.15) is 11.9 Å². The Kier molecular flexibility index (Phi) is 5.35. The second kappa shape index (κ2) is 8.25. The van der Waals surface area contributed by atoms with Gasteiger partial charge >= 0.3 is 5.97 Å². The van der Waals surface area contributed by atoms with E-state index in [1.165, 1.54) is 4.68 Å². The number of aromatic nitrogens is 3. The standard InChI is InChI=1S/C22H20N4O4/c1-29-18-8-4-15(5-9-18)13-26-21(20(22(27)28)24-25-26)30-19-10-17(11-19)16-6-2-14(12-23)3-7-16/h2-9,17,19H,10-11,13H2,1H3,(H,27,28). The van der Waals surface area contributed by atoms with Crippen LogP contribution in [0.25, 0.3) is 0 Å². The molecule has 0 saturated heterocycles. The Hall–Kier alpha value is -3.86. The van der Waals surface area contributed by atoms with Gasteiger partial charge < -0.3 is 14.6 Å². The van der Waals surface area contributed by atoms with Gasteiger partial charge in [-0.3, -0.25) is 0 Å². The van der Waals surface area contributed by atoms with Crippen molar-refractivity contribution in [2.75, 3.05) is 7.11 Å². The van der Waals surface area contributed by atoms with Gasteiger partial charge in [0, 0.05) is 0 Å². The lowest BCUT2D eigenvalue weighted by Gasteiger charge is -2.35. The number of methoxy groups -OCH3 is 1. The molecule has 0 atom stereocenters. The second-order valence-electron chi connectivity index (χ2n) is 7.20. The van der Waals surface area contributed by atoms with Gasteiger partial charge in [-0.1, -0.05) is 29.5 Å². The van der Waals surface area contributed by atoms with Gasteiger partial charge in [0.15, 0.2) is 0 Å². The summed E-state index contributed by atoms with van der Waals surface area (Å²) in [5, 5.41) is 26.1. The summed E-state index contributed by atoms with van der Waals surface area (Å²) in [6.45, 7) is 0.339. The van der Waals surface area contributed by atoms with Gasteiger partial charge in [-0.25, -0.2) is 9.48 Å². The highest BCUT2D eigenvalue weighted by atomic mass is 16.5. The molecule has 3 aromatic rings. The topological polar surface area (TPSA) is 110 Å². The molecular formula is C22H20N4O4. The van der Waals surface area contributed by atoms with Crippen molar-refractivity contribution in [3.05, 3.63) is 70.9 Å². The van der Waals surface area contributed by atoms with Crippen LogP contribution in [0.4, 0.5) is 0 Å². The minimum absolute atomic E-state index is 0.114. The van der Waals surface area contributed by atoms with Crippen LogP contribution in [0.1, 0.15) is 45.9 Å². The van der Waals surface area contributed by atoms with Crippen LogP contribution in [0, 0.1) is 11.3 Å². The van der Waals surface area contributed by atoms with Crippen molar-refractivity contribution < 1.29 is 19.4 Å². The van der Waals surface area contributed by atoms with Crippen LogP contribution < -0.4 is 9.47 Å². The Labute approximate surface area is 173 Å². The Balaban J connectivity index is 1.46. The van der Waals surface area contributed by atoms with Crippen LogP contribution in [0.5, 0.6) is 11.6 Å². The smallest absolute Gasteiger partial charge is 0.362 e. The zero-order valence-electron chi connectivity index (χ0n) is 16.4. The molecule has 4 rings (SSSR count). The summed E-state index contributed by atoms with van der Waals surface area (Å²) in [6.07, 6.45) is 1.41. The molecule has 0 bridgehead atoms. The monoisotopic (exact) mass is 404 g/mol. The highest BCUT2D eigenvalue weighted by Crippen LogP contribution is 2.39. The van der Waals surface area contributed by atoms with Crippen molar-refractivity contribution in [3.8, 4) is 17.7 Å². The third-order valence-electron chi connectivity index (χ3n) is 5.27. The highest BCUT2D eigenvalue weighted by Gasteiger charge is 2.34. The number of benzene rings is 2. The van der Waals surface area contributed by atoms with E-state index in [4.69, 9.17) is 14.7 Å². The maximum atomic E-state index is 11.6. The average molecular weight is 404 g/mol. The van der Waals surface area contributed by atoms with E-state index >= 15 is 0 Å². The molecule has 30 heavy (non-hydrogen) atoms. The molecule has 2 aromatic carbocycles. The lowest BCUT2D eigenvalue weighted by atomic mass is 9.77. The minimum atomic E-state index is -1.17. The summed E-state index contributed by atoms with van der Waals surface area (Å²) in [5.41, 5.74) is 2.51. The van der Waals surface area contributed by atoms with Gasteiger partial charge in [-0.15, -0.1) is 5.10 Å². The van der Waals surface area contributed by atoms with Gasteiger partial charge in [0.2, 0.25) is 11.6 Å². The number of nitriles is 1. The Morgan fingerprint density at radius 2 is 1.90 bits per heavy atom. The summed E-state index contributed by atoms with van der Waals surface area (Å²) < 4.78 is 12.6. The molecule has 152 valence electrons. The number of aromatic carboxylic acids is 1. The molecule has 1 N–H and O–H groups in total. The molecule has 1 aromatic heterocycles. The van der Waals surface area contributed by atoms with E-state index < -0.39 is 5.97 Å². The van der Waals surface area contributed by atoms with Gasteiger partial charge in [0.25, 0.3) is 0 Å². The number of hydrogen-bond donors (Lipinski definition) is 1. The molecule has 1 aliphatic rings. The largest absolute Gasteiger partial charge is 0.497 e. The molecule has 8 nitrogen and oxygen atoms in total. The van der Waals surface area contributed by atoms with Crippen LogP contribution >= 0.6 is 0 Å². The van der Waals surface area contributed by atoms with Gasteiger partial charge in [0.05, 0.1) is 25.3 Å². The van der Waals surface area contributed by atoms with Gasteiger partial charge in [-0.05, 0) is 54.2 Å². The Morgan fingerprint density at radius 3 is 2.50 bits per heavy atom. The molecule has 0 radical (unpaired) electrons. The van der Waals surface area contributed by atoms with E-state index in [1.807, 2.05) is 36.4 Å². The summed E-state index contributed by atoms with van der Waals surface area (Å²) in [5.74, 6) is 0.0563. The lowest BCUT2D eigenvalue weighted by molar-refractivity contribution is 0.0652. The predicted octanol–water partition coefficient (Wildman–Crippen LogP) is 3.23. The Morgan fingerprint density at radius 1 is 1.20 bits per heavy atom. The summed E-state index contributed by atoms with van der Waals surface area (Å²) in [6, 6.07) is 17.1. The normalized spacial score (nSPS) is 17.6. The van der Waals surface area contributed by atoms with Crippen LogP contribution in [-0.2, 0) is 6.54 Å². The maximum Gasteiger partial charge on any atom is 0.362 e. The number of carboxylic acid groups (broad SMARTS) is 1. The van der Waals surface area contributed by atoms with E-state index in [1.54, 1.807) is 19.2 Å². The molecule has 0 spiro atoms. The first-order valence-electron chi connectivity index (χ1n) is 9.53. The minimum Gasteiger partial charge on any atom is -0.497 e. The van der Waals surface area contributed by atoms with Crippen molar-refractivity contribution in [1.29, 1.82) is 5.26 Å². The quantitative estimate of drug-likeness (QED) is 0.644. The second-order valence-corrected chi connectivity index (χ2v) is 7.20. The number of ether oxygens (including phenoxy) is 2. The van der Waals surface area contributed by atoms with E-state index in [2.05, 4.69) is 16.4 Å². The zero-order valence-corrected chi connectivity index (χ0v) is 16.4. The van der Waals surface area contributed by atoms with Crippen LogP contribution in [0.15, 0.2) is 48.5 Å². The summed E-state index contributed by atoms with van der Waals surface area (Å²) in [4.78, 5) is 11.6. The predicted molar refractivity (Wildman–Crippen MR) is 107 cm³/mol. The number of rotatable bonds is 7. The molecule has 1 heterocycles. The molecule has 0 amide bonds. The number of hydrogen-bond acceptors (Lipinski definition) is 6. The molecule has 0 aliphatic heterocycles. The number of carboxylic acids is 1. The van der Waals surface area contributed by atoms with E-state index in [9.17, 15) is 9.90 Å². The molecule has 1 saturated carbocycles. The lowest BCUT2D eigenvalue weighted by Crippen LogP contribution is -2.33. The fourth-order valence-electron chi connectivity index (χ4n) is 3.48. The van der Waals surface area contributed by atoms with E-state index in [0.717, 1.165) is 29.7 Å². The summed E-state index contributed by atoms with van der Waals surface area (Å²) >= 11 is 0. The fraction of sp³-hybridized carbons (Fsp3) is 0.273. The van der Waals surface area contributed by atoms with Crippen molar-refractivity contribution in [2.45, 2.75) is 31.4 Å². The SMILES string of the molecule is COc1ccc(Cn2nnc(C(=O)O)c2OC2CC(c3ccc(C#N)cc3)C2)cc1. The first-order chi connectivity index (χ1) is 14.6. The third-order valence-corrected chi connectivity index (χ3v) is 5.27. The van der Waals surface area contributed by atoms with Crippen molar-refractivity contribution >= 4 is 5.97 Å². The molecule has 0 unspecified atom stereocenters. The highest BCUT2D eigenvalue weighted by molar-refractivity contribution is 5.87. The third kappa shape index (κ3) is 3.96. The van der Waals surface area contributed by atoms with Crippen molar-refractivity contribution in [3.63, 3.8) is 0 Å². The first-order valence-corrected chi connectivity index (χ1v) is 9.53. The first kappa shape index (κ1) is 19.5. The fourth-order valence-corrected chi connectivity index (χ4v) is 3.48. The van der Waals surface area contributed by atoms with Gasteiger partial charge in [-0.2, -0.15) is 5.26 Å². The average Bonchev–Trinajstić information content (AvgIpc) is 3.13. The summed E-state index contributed by atoms with van der Waals surface area (Å²) in [7, 11) is 1.60. The zero-order chi connectivity index (χ0) is 21.1. The van der Waals surface area contributed by atoms with E-state index in [-0.39, 0.29) is 17.7 Å². The van der Waals surface area contributed by atoms with Crippen LogP contribution in [0.3, 0.4) is 0 Å². The Bertz CT molecular complexity index is 1080. The van der Waals surface area contributed by atoms with Crippen molar-refractivity contribution in [2.24, 2.45) is 0 Å². The number of nitrogens with zero attached hydrogens (tertiary/aromatic N) is 4. The molecule has 1 fully saturated rings. The molecule has 8 heteroatoms. The van der Waals surface area contributed by atoms with Crippen LogP contribution in [-0.4, -0.2) is 39.3 Å².